The Balaban J connectivity index is 1.09. The van der Waals surface area contributed by atoms with Crippen LogP contribution in [0.5, 0.6) is 0 Å². The van der Waals surface area contributed by atoms with Gasteiger partial charge in [-0.2, -0.15) is 0 Å². The van der Waals surface area contributed by atoms with Gasteiger partial charge in [0.1, 0.15) is 0 Å². The van der Waals surface area contributed by atoms with Gasteiger partial charge in [0.25, 0.3) is 0 Å². The van der Waals surface area contributed by atoms with Crippen molar-refractivity contribution >= 4 is 59.0 Å². The van der Waals surface area contributed by atoms with E-state index < -0.39 is 5.41 Å². The average molecular weight is 717 g/mol. The Morgan fingerprint density at radius 2 is 1.15 bits per heavy atom. The zero-order valence-electron chi connectivity index (χ0n) is 29.8. The number of hydrogen-bond donors (Lipinski definition) is 0. The van der Waals surface area contributed by atoms with Crippen LogP contribution in [0.3, 0.4) is 0 Å². The molecule has 0 saturated carbocycles. The zero-order valence-corrected chi connectivity index (χ0v) is 30.6. The minimum absolute atomic E-state index is 0.429. The topological polar surface area (TPSA) is 17.3 Å². The predicted octanol–water partition coefficient (Wildman–Crippen LogP) is 13.7. The number of nitrogens with zero attached hydrogens (tertiary/aromatic N) is 2. The van der Waals surface area contributed by atoms with Gasteiger partial charge in [-0.25, -0.2) is 4.98 Å². The van der Waals surface area contributed by atoms with Gasteiger partial charge in [0.2, 0.25) is 0 Å². The molecule has 0 saturated heterocycles. The van der Waals surface area contributed by atoms with Crippen molar-refractivity contribution in [3.05, 3.63) is 216 Å². The van der Waals surface area contributed by atoms with Crippen LogP contribution in [0.25, 0.3) is 81.1 Å². The second-order valence-corrected chi connectivity index (χ2v) is 15.7. The first kappa shape index (κ1) is 30.6. The maximum atomic E-state index is 5.27. The van der Waals surface area contributed by atoms with Crippen LogP contribution in [-0.4, -0.2) is 9.38 Å². The van der Waals surface area contributed by atoms with E-state index in [4.69, 9.17) is 4.98 Å². The number of rotatable bonds is 4. The van der Waals surface area contributed by atoms with Gasteiger partial charge >= 0.3 is 0 Å². The van der Waals surface area contributed by atoms with Crippen molar-refractivity contribution in [3.63, 3.8) is 0 Å². The number of benzene rings is 8. The second-order valence-electron chi connectivity index (χ2n) is 14.6. The van der Waals surface area contributed by atoms with E-state index in [1.54, 1.807) is 0 Å². The number of pyridine rings is 1. The molecule has 2 nitrogen and oxygen atoms in total. The van der Waals surface area contributed by atoms with Crippen molar-refractivity contribution in [3.8, 4) is 33.5 Å². The van der Waals surface area contributed by atoms with Gasteiger partial charge in [0.15, 0.2) is 5.65 Å². The lowest BCUT2D eigenvalue weighted by atomic mass is 9.67. The highest BCUT2D eigenvalue weighted by atomic mass is 32.1. The Morgan fingerprint density at radius 1 is 0.491 bits per heavy atom. The molecule has 0 amide bonds. The number of para-hydroxylation sites is 2. The van der Waals surface area contributed by atoms with E-state index in [2.05, 4.69) is 199 Å². The molecule has 1 aliphatic rings. The van der Waals surface area contributed by atoms with Gasteiger partial charge in [0.05, 0.1) is 26.8 Å². The molecule has 0 unspecified atom stereocenters. The summed E-state index contributed by atoms with van der Waals surface area (Å²) in [5.41, 5.74) is 15.3. The van der Waals surface area contributed by atoms with Crippen LogP contribution in [0.2, 0.25) is 0 Å². The van der Waals surface area contributed by atoms with Gasteiger partial charge < -0.3 is 0 Å². The third kappa shape index (κ3) is 4.22. The Labute approximate surface area is 322 Å². The van der Waals surface area contributed by atoms with E-state index in [0.29, 0.717) is 0 Å². The molecular weight excluding hydrogens is 685 g/mol. The SMILES string of the molecule is c1ccc(C2(c3ccccc3)c3ccccc3-c3c(-c4ccc(-c5cc6c(sc7ccc8ccccc8c76)c6nc7ccccc7n56)cc4)cccc32)cc1. The van der Waals surface area contributed by atoms with Crippen molar-refractivity contribution in [2.75, 3.05) is 0 Å². The molecule has 3 heterocycles. The number of imidazole rings is 1. The lowest BCUT2D eigenvalue weighted by molar-refractivity contribution is 0.768. The highest BCUT2D eigenvalue weighted by molar-refractivity contribution is 7.26. The summed E-state index contributed by atoms with van der Waals surface area (Å²) in [5.74, 6) is 0. The summed E-state index contributed by atoms with van der Waals surface area (Å²) in [7, 11) is 0. The molecule has 1 aliphatic carbocycles. The van der Waals surface area contributed by atoms with Crippen LogP contribution < -0.4 is 0 Å². The first-order valence-corrected chi connectivity index (χ1v) is 19.7. The van der Waals surface area contributed by atoms with E-state index in [9.17, 15) is 0 Å². The molecule has 0 radical (unpaired) electrons. The Kier molecular flexibility index (Phi) is 6.46. The summed E-state index contributed by atoms with van der Waals surface area (Å²) in [6, 6.07) is 71.4. The summed E-state index contributed by atoms with van der Waals surface area (Å²) < 4.78 is 4.88. The van der Waals surface area contributed by atoms with Crippen LogP contribution in [0, 0.1) is 0 Å². The largest absolute Gasteiger partial charge is 0.291 e. The lowest BCUT2D eigenvalue weighted by Crippen LogP contribution is -2.28. The lowest BCUT2D eigenvalue weighted by Gasteiger charge is -2.34. The molecule has 3 aromatic heterocycles. The summed E-state index contributed by atoms with van der Waals surface area (Å²) in [5, 5.41) is 5.11. The molecule has 0 atom stereocenters. The molecule has 256 valence electrons. The van der Waals surface area contributed by atoms with E-state index in [0.717, 1.165) is 27.9 Å². The Bertz CT molecular complexity index is 3260. The van der Waals surface area contributed by atoms with Gasteiger partial charge in [0, 0.05) is 15.5 Å². The minimum atomic E-state index is -0.429. The maximum Gasteiger partial charge on any atom is 0.156 e. The summed E-state index contributed by atoms with van der Waals surface area (Å²) in [6.07, 6.45) is 0. The van der Waals surface area contributed by atoms with Gasteiger partial charge in [-0.15, -0.1) is 11.3 Å². The third-order valence-corrected chi connectivity index (χ3v) is 13.0. The molecule has 55 heavy (non-hydrogen) atoms. The first-order valence-electron chi connectivity index (χ1n) is 18.9. The number of fused-ring (bicyclic) bond motifs is 12. The molecule has 0 spiro atoms. The van der Waals surface area contributed by atoms with Gasteiger partial charge in [-0.3, -0.25) is 4.40 Å². The van der Waals surface area contributed by atoms with Crippen LogP contribution in [0.4, 0.5) is 0 Å². The molecule has 12 rings (SSSR count). The van der Waals surface area contributed by atoms with E-state index >= 15 is 0 Å². The highest BCUT2D eigenvalue weighted by Gasteiger charge is 2.46. The minimum Gasteiger partial charge on any atom is -0.291 e. The molecule has 0 bridgehead atoms. The zero-order chi connectivity index (χ0) is 36.1. The van der Waals surface area contributed by atoms with Crippen LogP contribution in [0.15, 0.2) is 194 Å². The molecule has 0 aliphatic heterocycles. The molecule has 11 aromatic rings. The van der Waals surface area contributed by atoms with Crippen molar-refractivity contribution < 1.29 is 0 Å². The average Bonchev–Trinajstić information content (AvgIpc) is 3.93. The van der Waals surface area contributed by atoms with Gasteiger partial charge in [-0.05, 0) is 85.1 Å². The van der Waals surface area contributed by atoms with Crippen molar-refractivity contribution in [1.82, 2.24) is 9.38 Å². The summed E-state index contributed by atoms with van der Waals surface area (Å²) in [4.78, 5) is 5.27. The fraction of sp³-hybridized carbons (Fsp3) is 0.0192. The monoisotopic (exact) mass is 716 g/mol. The van der Waals surface area contributed by atoms with Crippen LogP contribution >= 0.6 is 11.3 Å². The Hall–Kier alpha value is -6.81. The van der Waals surface area contributed by atoms with Crippen molar-refractivity contribution in [2.45, 2.75) is 5.41 Å². The third-order valence-electron chi connectivity index (χ3n) is 11.9. The van der Waals surface area contributed by atoms with E-state index in [1.165, 1.54) is 75.5 Å². The van der Waals surface area contributed by atoms with Crippen molar-refractivity contribution in [1.29, 1.82) is 0 Å². The summed E-state index contributed by atoms with van der Waals surface area (Å²) in [6.45, 7) is 0. The number of aromatic nitrogens is 2. The fourth-order valence-electron chi connectivity index (χ4n) is 9.59. The first-order chi connectivity index (χ1) is 27.3. The maximum absolute atomic E-state index is 5.27. The smallest absolute Gasteiger partial charge is 0.156 e. The number of hydrogen-bond acceptors (Lipinski definition) is 2. The van der Waals surface area contributed by atoms with E-state index in [-0.39, 0.29) is 0 Å². The summed E-state index contributed by atoms with van der Waals surface area (Å²) >= 11 is 1.84. The second kappa shape index (κ2) is 11.6. The fourth-order valence-corrected chi connectivity index (χ4v) is 10.8. The molecule has 3 heteroatoms. The van der Waals surface area contributed by atoms with Crippen molar-refractivity contribution in [2.24, 2.45) is 0 Å². The van der Waals surface area contributed by atoms with E-state index in [1.807, 2.05) is 11.3 Å². The normalized spacial score (nSPS) is 13.2. The molecule has 8 aromatic carbocycles. The standard InChI is InChI=1S/C52H32N2S/c1-3-15-36(16-4-1)52(37-17-5-2-6-18-37)42-22-10-9-20-40(42)48-38(21-13-23-43(48)52)34-26-28-35(29-27-34)46-32-41-49-39-19-8-7-14-33(39)30-31-47(49)55-50(41)51-53-44-24-11-12-25-45(44)54(46)51/h1-32H. The molecule has 0 N–H and O–H groups in total. The predicted molar refractivity (Wildman–Crippen MR) is 231 cm³/mol. The quantitative estimate of drug-likeness (QED) is 0.177. The molecule has 0 fully saturated rings. The molecular formula is C52H32N2S. The van der Waals surface area contributed by atoms with Crippen LogP contribution in [-0.2, 0) is 5.41 Å². The highest BCUT2D eigenvalue weighted by Crippen LogP contribution is 2.58. The Morgan fingerprint density at radius 3 is 1.96 bits per heavy atom. The van der Waals surface area contributed by atoms with Gasteiger partial charge in [-0.1, -0.05) is 170 Å². The van der Waals surface area contributed by atoms with Crippen LogP contribution in [0.1, 0.15) is 22.3 Å². The number of thiophene rings is 1.